The molecule has 1 unspecified atom stereocenters. The van der Waals surface area contributed by atoms with Crippen LogP contribution in [0.1, 0.15) is 116 Å². The standard InChI is InChI=1S/C32H50FN5O6/c1-3-32(43-2,25(39)22-38-24-35-28-29(34)36-31(33)37-30(28)38)23-44-27(42)21-19-17-15-13-11-9-7-5-4-6-8-10-12-14-16-18-20-26(40)41/h1,24-25,39H,4-23H2,2H3,(H,40,41)(H2,34,36,37)/t25-,32?/m0/s1. The van der Waals surface area contributed by atoms with Gasteiger partial charge >= 0.3 is 18.0 Å². The van der Waals surface area contributed by atoms with Crippen LogP contribution in [0.15, 0.2) is 6.33 Å². The fraction of sp³-hybridized carbons (Fsp3) is 0.719. The summed E-state index contributed by atoms with van der Waals surface area (Å²) in [5.41, 5.74) is 4.36. The molecule has 2 rings (SSSR count). The van der Waals surface area contributed by atoms with Gasteiger partial charge in [0.15, 0.2) is 17.1 Å². The number of halogens is 1. The van der Waals surface area contributed by atoms with Crippen molar-refractivity contribution in [3.05, 3.63) is 12.4 Å². The summed E-state index contributed by atoms with van der Waals surface area (Å²) < 4.78 is 25.8. The van der Waals surface area contributed by atoms with Gasteiger partial charge in [-0.15, -0.1) is 6.42 Å². The summed E-state index contributed by atoms with van der Waals surface area (Å²) >= 11 is 0. The first-order valence-electron chi connectivity index (χ1n) is 15.9. The quantitative estimate of drug-likeness (QED) is 0.0554. The van der Waals surface area contributed by atoms with Crippen LogP contribution in [0, 0.1) is 18.4 Å². The topological polar surface area (TPSA) is 163 Å². The molecule has 2 aromatic rings. The number of ether oxygens (including phenoxy) is 2. The molecule has 0 amide bonds. The van der Waals surface area contributed by atoms with Crippen molar-refractivity contribution in [3.8, 4) is 12.3 Å². The van der Waals surface area contributed by atoms with Crippen molar-refractivity contribution in [1.82, 2.24) is 19.5 Å². The van der Waals surface area contributed by atoms with Gasteiger partial charge in [-0.3, -0.25) is 9.59 Å². The van der Waals surface area contributed by atoms with Crippen molar-refractivity contribution < 1.29 is 33.7 Å². The number of esters is 1. The number of hydrogen-bond donors (Lipinski definition) is 3. The zero-order valence-corrected chi connectivity index (χ0v) is 26.1. The minimum atomic E-state index is -1.62. The Balaban J connectivity index is 1.52. The van der Waals surface area contributed by atoms with Crippen molar-refractivity contribution in [2.24, 2.45) is 0 Å². The van der Waals surface area contributed by atoms with Gasteiger partial charge in [0.2, 0.25) is 0 Å². The highest BCUT2D eigenvalue weighted by atomic mass is 19.1. The molecule has 0 aromatic carbocycles. The summed E-state index contributed by atoms with van der Waals surface area (Å²) in [6, 6.07) is 0. The molecular weight excluding hydrogens is 569 g/mol. The van der Waals surface area contributed by atoms with E-state index < -0.39 is 29.7 Å². The Morgan fingerprint density at radius 1 is 0.955 bits per heavy atom. The second-order valence-corrected chi connectivity index (χ2v) is 11.4. The van der Waals surface area contributed by atoms with Gasteiger partial charge in [-0.25, -0.2) is 4.98 Å². The molecule has 44 heavy (non-hydrogen) atoms. The first-order chi connectivity index (χ1) is 21.2. The zero-order chi connectivity index (χ0) is 32.2. The van der Waals surface area contributed by atoms with Crippen molar-refractivity contribution in [3.63, 3.8) is 0 Å². The fourth-order valence-corrected chi connectivity index (χ4v) is 5.17. The van der Waals surface area contributed by atoms with Crippen molar-refractivity contribution >= 4 is 28.9 Å². The predicted molar refractivity (Wildman–Crippen MR) is 166 cm³/mol. The highest BCUT2D eigenvalue weighted by Gasteiger charge is 2.38. The lowest BCUT2D eigenvalue weighted by Gasteiger charge is -2.31. The largest absolute Gasteiger partial charge is 0.481 e. The first-order valence-corrected chi connectivity index (χ1v) is 15.9. The molecule has 0 spiro atoms. The van der Waals surface area contributed by atoms with Crippen LogP contribution < -0.4 is 5.73 Å². The van der Waals surface area contributed by atoms with Gasteiger partial charge in [-0.1, -0.05) is 95.8 Å². The normalized spacial score (nSPS) is 13.4. The lowest BCUT2D eigenvalue weighted by molar-refractivity contribution is -0.157. The molecule has 0 saturated carbocycles. The number of carboxylic acids is 1. The number of hydrogen-bond acceptors (Lipinski definition) is 9. The Kier molecular flexibility index (Phi) is 17.3. The summed E-state index contributed by atoms with van der Waals surface area (Å²) in [6.07, 6.45) is 23.3. The Morgan fingerprint density at radius 3 is 1.93 bits per heavy atom. The number of terminal acetylenes is 1. The molecule has 0 saturated heterocycles. The number of methoxy groups -OCH3 is 1. The predicted octanol–water partition coefficient (Wildman–Crippen LogP) is 5.58. The van der Waals surface area contributed by atoms with Gasteiger partial charge in [0.05, 0.1) is 12.9 Å². The van der Waals surface area contributed by atoms with E-state index >= 15 is 0 Å². The fourth-order valence-electron chi connectivity index (χ4n) is 5.17. The van der Waals surface area contributed by atoms with Crippen LogP contribution in [0.5, 0.6) is 0 Å². The Bertz CT molecular complexity index is 1190. The lowest BCUT2D eigenvalue weighted by Crippen LogP contribution is -2.49. The number of aliphatic hydroxyl groups is 1. The molecule has 2 heterocycles. The Morgan fingerprint density at radius 2 is 1.45 bits per heavy atom. The number of nitrogen functional groups attached to an aromatic ring is 1. The number of anilines is 1. The highest BCUT2D eigenvalue weighted by molar-refractivity contribution is 5.81. The van der Waals surface area contributed by atoms with E-state index in [1.54, 1.807) is 0 Å². The Hall–Kier alpha value is -3.30. The number of nitrogens with zero attached hydrogens (tertiary/aromatic N) is 4. The van der Waals surface area contributed by atoms with Crippen LogP contribution in [0.3, 0.4) is 0 Å². The molecule has 4 N–H and O–H groups in total. The molecule has 2 aromatic heterocycles. The van der Waals surface area contributed by atoms with Gasteiger partial charge in [0.1, 0.15) is 18.2 Å². The number of nitrogens with two attached hydrogens (primary N) is 1. The van der Waals surface area contributed by atoms with Crippen LogP contribution in [0.25, 0.3) is 11.2 Å². The number of imidazole rings is 1. The molecule has 0 fully saturated rings. The number of fused-ring (bicyclic) bond motifs is 1. The van der Waals surface area contributed by atoms with Gasteiger partial charge in [-0.2, -0.15) is 14.4 Å². The molecular formula is C32H50FN5O6. The van der Waals surface area contributed by atoms with E-state index in [0.29, 0.717) is 12.8 Å². The smallest absolute Gasteiger partial charge is 0.312 e. The molecule has 0 radical (unpaired) electrons. The molecule has 0 aliphatic rings. The van der Waals surface area contributed by atoms with E-state index in [0.717, 1.165) is 38.5 Å². The van der Waals surface area contributed by atoms with Crippen molar-refractivity contribution in [2.75, 3.05) is 19.5 Å². The van der Waals surface area contributed by atoms with Crippen LogP contribution >= 0.6 is 0 Å². The Labute approximate surface area is 260 Å². The molecule has 0 aliphatic carbocycles. The number of carbonyl (C=O) groups is 2. The number of rotatable bonds is 25. The second-order valence-electron chi connectivity index (χ2n) is 11.4. The third-order valence-corrected chi connectivity index (χ3v) is 7.95. The molecule has 12 heteroatoms. The maximum atomic E-state index is 13.7. The summed E-state index contributed by atoms with van der Waals surface area (Å²) in [6.45, 7) is -0.493. The average Bonchev–Trinajstić information content (AvgIpc) is 3.39. The minimum Gasteiger partial charge on any atom is -0.481 e. The van der Waals surface area contributed by atoms with Crippen LogP contribution in [-0.4, -0.2) is 67.1 Å². The van der Waals surface area contributed by atoms with E-state index in [9.17, 15) is 19.1 Å². The van der Waals surface area contributed by atoms with Gasteiger partial charge < -0.3 is 30.0 Å². The maximum Gasteiger partial charge on any atom is 0.312 e. The molecule has 0 bridgehead atoms. The van der Waals surface area contributed by atoms with E-state index in [2.05, 4.69) is 20.9 Å². The highest BCUT2D eigenvalue weighted by Crippen LogP contribution is 2.22. The molecule has 0 aliphatic heterocycles. The van der Waals surface area contributed by atoms with E-state index in [4.69, 9.17) is 26.7 Å². The summed E-state index contributed by atoms with van der Waals surface area (Å²) in [5, 5.41) is 19.5. The maximum absolute atomic E-state index is 13.7. The monoisotopic (exact) mass is 619 g/mol. The number of unbranched alkanes of at least 4 members (excludes halogenated alkanes) is 15. The SMILES string of the molecule is C#CC(COC(=O)CCCCCCCCCCCCCCCCCCC(=O)O)(OC)[C@@H](O)Cn1cnc2c(N)nc(F)nc21. The number of carboxylic acid groups (broad SMARTS) is 1. The first kappa shape index (κ1) is 36.9. The number of aliphatic hydroxyl groups excluding tert-OH is 1. The van der Waals surface area contributed by atoms with E-state index in [1.807, 2.05) is 0 Å². The lowest BCUT2D eigenvalue weighted by atomic mass is 9.98. The molecule has 11 nitrogen and oxygen atoms in total. The van der Waals surface area contributed by atoms with E-state index in [1.165, 1.54) is 75.8 Å². The third-order valence-electron chi connectivity index (χ3n) is 7.95. The van der Waals surface area contributed by atoms with Gasteiger partial charge in [0.25, 0.3) is 0 Å². The third kappa shape index (κ3) is 13.1. The summed E-state index contributed by atoms with van der Waals surface area (Å²) in [4.78, 5) is 34.0. The minimum absolute atomic E-state index is 0.0963. The molecule has 2 atom stereocenters. The number of carbonyl (C=O) groups excluding carboxylic acids is 1. The summed E-state index contributed by atoms with van der Waals surface area (Å²) in [5.74, 6) is 1.17. The molecule has 246 valence electrons. The average molecular weight is 620 g/mol. The van der Waals surface area contributed by atoms with Crippen LogP contribution in [0.2, 0.25) is 0 Å². The van der Waals surface area contributed by atoms with E-state index in [-0.39, 0.29) is 36.6 Å². The van der Waals surface area contributed by atoms with Crippen LogP contribution in [-0.2, 0) is 25.6 Å². The van der Waals surface area contributed by atoms with Crippen molar-refractivity contribution in [2.45, 2.75) is 134 Å². The van der Waals surface area contributed by atoms with Crippen molar-refractivity contribution in [1.29, 1.82) is 0 Å². The van der Waals surface area contributed by atoms with Gasteiger partial charge in [-0.05, 0) is 12.8 Å². The second kappa shape index (κ2) is 20.6. The van der Waals surface area contributed by atoms with Crippen LogP contribution in [0.4, 0.5) is 10.2 Å². The van der Waals surface area contributed by atoms with Gasteiger partial charge in [0, 0.05) is 20.0 Å². The number of aliphatic carboxylic acids is 1. The summed E-state index contributed by atoms with van der Waals surface area (Å²) in [7, 11) is 1.32. The zero-order valence-electron chi connectivity index (χ0n) is 26.1. The number of aromatic nitrogens is 4.